The van der Waals surface area contributed by atoms with Crippen molar-refractivity contribution >= 4 is 23.2 Å². The average molecular weight is 290 g/mol. The molecule has 18 heavy (non-hydrogen) atoms. The molecule has 1 aliphatic rings. The molecule has 0 amide bonds. The number of rotatable bonds is 5. The Morgan fingerprint density at radius 1 is 1.44 bits per heavy atom. The topological polar surface area (TPSA) is 29.9 Å². The van der Waals surface area contributed by atoms with E-state index in [2.05, 4.69) is 17.3 Å². The molecule has 102 valence electrons. The van der Waals surface area contributed by atoms with Crippen molar-refractivity contribution in [2.24, 2.45) is 13.0 Å². The number of aromatic nitrogens is 2. The van der Waals surface area contributed by atoms with E-state index in [1.54, 1.807) is 0 Å². The lowest BCUT2D eigenvalue weighted by Gasteiger charge is -2.19. The summed E-state index contributed by atoms with van der Waals surface area (Å²) in [6, 6.07) is 0.526. The Hall–Kier alpha value is -0.250. The summed E-state index contributed by atoms with van der Waals surface area (Å²) >= 11 is 12.3. The fourth-order valence-corrected chi connectivity index (χ4v) is 3.46. The lowest BCUT2D eigenvalue weighted by molar-refractivity contribution is 0.423. The first-order valence-corrected chi connectivity index (χ1v) is 7.58. The normalized spacial score (nSPS) is 23.8. The van der Waals surface area contributed by atoms with Crippen LogP contribution in [0.2, 0.25) is 5.02 Å². The van der Waals surface area contributed by atoms with Crippen LogP contribution in [0.3, 0.4) is 0 Å². The highest BCUT2D eigenvalue weighted by Gasteiger charge is 2.26. The van der Waals surface area contributed by atoms with Gasteiger partial charge in [-0.25, -0.2) is 0 Å². The molecule has 0 saturated heterocycles. The number of nitrogens with zero attached hydrogens (tertiary/aromatic N) is 2. The van der Waals surface area contributed by atoms with Gasteiger partial charge in [0.2, 0.25) is 0 Å². The van der Waals surface area contributed by atoms with E-state index in [-0.39, 0.29) is 0 Å². The second-order valence-electron chi connectivity index (χ2n) is 5.02. The smallest absolute Gasteiger partial charge is 0.0863 e. The molecule has 0 radical (unpaired) electrons. The minimum atomic E-state index is 0.526. The summed E-state index contributed by atoms with van der Waals surface area (Å²) in [6.07, 6.45) is 4.60. The van der Waals surface area contributed by atoms with Crippen LogP contribution < -0.4 is 5.32 Å². The largest absolute Gasteiger partial charge is 0.308 e. The van der Waals surface area contributed by atoms with Crippen LogP contribution in [0.25, 0.3) is 0 Å². The second-order valence-corrected chi connectivity index (χ2v) is 5.70. The lowest BCUT2D eigenvalue weighted by Crippen LogP contribution is -2.33. The van der Waals surface area contributed by atoms with Crippen molar-refractivity contribution in [1.29, 1.82) is 0 Å². The number of alkyl halides is 1. The molecule has 1 heterocycles. The van der Waals surface area contributed by atoms with Crippen molar-refractivity contribution in [3.63, 3.8) is 0 Å². The van der Waals surface area contributed by atoms with Crippen LogP contribution in [-0.4, -0.2) is 21.7 Å². The first-order valence-electron chi connectivity index (χ1n) is 6.67. The highest BCUT2D eigenvalue weighted by Crippen LogP contribution is 2.27. The van der Waals surface area contributed by atoms with Gasteiger partial charge in [-0.1, -0.05) is 24.9 Å². The maximum atomic E-state index is 6.34. The number of hydrogen-bond acceptors (Lipinski definition) is 2. The minimum absolute atomic E-state index is 0.526. The highest BCUT2D eigenvalue weighted by atomic mass is 35.5. The van der Waals surface area contributed by atoms with Crippen LogP contribution in [0.4, 0.5) is 0 Å². The van der Waals surface area contributed by atoms with E-state index < -0.39 is 0 Å². The zero-order chi connectivity index (χ0) is 13.1. The van der Waals surface area contributed by atoms with E-state index in [0.717, 1.165) is 35.3 Å². The van der Waals surface area contributed by atoms with Gasteiger partial charge in [-0.05, 0) is 25.2 Å². The molecule has 5 heteroatoms. The maximum absolute atomic E-state index is 6.34. The molecule has 2 unspecified atom stereocenters. The maximum Gasteiger partial charge on any atom is 0.0863 e. The average Bonchev–Trinajstić information content (AvgIpc) is 2.92. The van der Waals surface area contributed by atoms with Crippen molar-refractivity contribution in [3.8, 4) is 0 Å². The van der Waals surface area contributed by atoms with E-state index in [4.69, 9.17) is 23.2 Å². The van der Waals surface area contributed by atoms with Crippen LogP contribution in [0, 0.1) is 5.92 Å². The molecule has 0 aliphatic heterocycles. The van der Waals surface area contributed by atoms with E-state index in [1.807, 2.05) is 11.7 Å². The number of hydrogen-bond donors (Lipinski definition) is 1. The van der Waals surface area contributed by atoms with Crippen LogP contribution in [0.1, 0.15) is 37.6 Å². The van der Waals surface area contributed by atoms with Crippen LogP contribution in [0.15, 0.2) is 0 Å². The lowest BCUT2D eigenvalue weighted by atomic mass is 10.1. The number of aryl methyl sites for hydroxylation is 2. The Morgan fingerprint density at radius 2 is 2.22 bits per heavy atom. The van der Waals surface area contributed by atoms with Crippen molar-refractivity contribution in [3.05, 3.63) is 16.4 Å². The standard InChI is InChI=1S/C13H21Cl2N3/c1-3-10-13(15)12(18(2)17-10)8-16-11-6-4-5-9(11)7-14/h9,11,16H,3-8H2,1-2H3. The van der Waals surface area contributed by atoms with Crippen molar-refractivity contribution in [2.75, 3.05) is 5.88 Å². The zero-order valence-electron chi connectivity index (χ0n) is 11.0. The third-order valence-electron chi connectivity index (χ3n) is 3.89. The molecule has 1 aliphatic carbocycles. The van der Waals surface area contributed by atoms with E-state index in [1.165, 1.54) is 19.3 Å². The van der Waals surface area contributed by atoms with Crippen LogP contribution in [0.5, 0.6) is 0 Å². The monoisotopic (exact) mass is 289 g/mol. The predicted molar refractivity (Wildman–Crippen MR) is 76.3 cm³/mol. The summed E-state index contributed by atoms with van der Waals surface area (Å²) in [6.45, 7) is 2.85. The summed E-state index contributed by atoms with van der Waals surface area (Å²) < 4.78 is 1.89. The van der Waals surface area contributed by atoms with Gasteiger partial charge in [0.25, 0.3) is 0 Å². The molecule has 2 atom stereocenters. The summed E-state index contributed by atoms with van der Waals surface area (Å²) in [7, 11) is 1.95. The molecule has 0 aromatic carbocycles. The molecule has 2 rings (SSSR count). The summed E-state index contributed by atoms with van der Waals surface area (Å²) in [5.41, 5.74) is 2.06. The van der Waals surface area contributed by atoms with Gasteiger partial charge >= 0.3 is 0 Å². The quantitative estimate of drug-likeness (QED) is 0.844. The van der Waals surface area contributed by atoms with Gasteiger partial charge in [0.1, 0.15) is 0 Å². The number of halogens is 2. The third kappa shape index (κ3) is 2.84. The molecule has 1 N–H and O–H groups in total. The van der Waals surface area contributed by atoms with Crippen LogP contribution >= 0.6 is 23.2 Å². The van der Waals surface area contributed by atoms with Gasteiger partial charge in [-0.2, -0.15) is 5.10 Å². The fraction of sp³-hybridized carbons (Fsp3) is 0.769. The fourth-order valence-electron chi connectivity index (χ4n) is 2.73. The Balaban J connectivity index is 1.99. The van der Waals surface area contributed by atoms with E-state index >= 15 is 0 Å². The van der Waals surface area contributed by atoms with Gasteiger partial charge in [-0.15, -0.1) is 11.6 Å². The van der Waals surface area contributed by atoms with Crippen molar-refractivity contribution in [1.82, 2.24) is 15.1 Å². The SMILES string of the molecule is CCc1nn(C)c(CNC2CCCC2CCl)c1Cl. The molecule has 1 fully saturated rings. The molecule has 0 spiro atoms. The first-order chi connectivity index (χ1) is 8.67. The summed E-state index contributed by atoms with van der Waals surface area (Å²) in [5, 5.41) is 8.83. The van der Waals surface area contributed by atoms with Crippen LogP contribution in [-0.2, 0) is 20.0 Å². The molecule has 1 aromatic rings. The van der Waals surface area contributed by atoms with Crippen molar-refractivity contribution < 1.29 is 0 Å². The van der Waals surface area contributed by atoms with Crippen molar-refractivity contribution in [2.45, 2.75) is 45.2 Å². The zero-order valence-corrected chi connectivity index (χ0v) is 12.6. The van der Waals surface area contributed by atoms with Gasteiger partial charge in [0.15, 0.2) is 0 Å². The van der Waals surface area contributed by atoms with E-state index in [0.29, 0.717) is 12.0 Å². The highest BCUT2D eigenvalue weighted by molar-refractivity contribution is 6.31. The molecule has 1 aromatic heterocycles. The van der Waals surface area contributed by atoms with Gasteiger partial charge in [0, 0.05) is 25.5 Å². The predicted octanol–water partition coefficient (Wildman–Crippen LogP) is 3.13. The van der Waals surface area contributed by atoms with E-state index in [9.17, 15) is 0 Å². The van der Waals surface area contributed by atoms with Gasteiger partial charge in [-0.3, -0.25) is 4.68 Å². The Labute approximate surface area is 119 Å². The molecule has 3 nitrogen and oxygen atoms in total. The molecule has 1 saturated carbocycles. The molecule has 0 bridgehead atoms. The first kappa shape index (κ1) is 14.2. The number of nitrogens with one attached hydrogen (secondary N) is 1. The Bertz CT molecular complexity index is 403. The van der Waals surface area contributed by atoms with Gasteiger partial charge < -0.3 is 5.32 Å². The summed E-state index contributed by atoms with van der Waals surface area (Å²) in [5.74, 6) is 1.35. The Morgan fingerprint density at radius 3 is 2.83 bits per heavy atom. The second kappa shape index (κ2) is 6.27. The minimum Gasteiger partial charge on any atom is -0.308 e. The Kier molecular flexibility index (Phi) is 4.93. The molecular weight excluding hydrogens is 269 g/mol. The van der Waals surface area contributed by atoms with Gasteiger partial charge in [0.05, 0.1) is 16.4 Å². The summed E-state index contributed by atoms with van der Waals surface area (Å²) in [4.78, 5) is 0. The third-order valence-corrected chi connectivity index (χ3v) is 4.72. The molecular formula is C13H21Cl2N3.